The molecule has 0 spiro atoms. The highest BCUT2D eigenvalue weighted by atomic mass is 15.2. The molecule has 1 fully saturated rings. The monoisotopic (exact) mass is 202 g/mol. The minimum atomic E-state index is 0.709. The van der Waals surface area contributed by atoms with Crippen LogP contribution >= 0.6 is 0 Å². The van der Waals surface area contributed by atoms with E-state index in [-0.39, 0.29) is 0 Å². The molecule has 0 aliphatic carbocycles. The van der Waals surface area contributed by atoms with Crippen LogP contribution in [0, 0.1) is 12.8 Å². The summed E-state index contributed by atoms with van der Waals surface area (Å²) < 4.78 is 0. The topological polar surface area (TPSA) is 15.3 Å². The molecule has 0 radical (unpaired) electrons. The van der Waals surface area contributed by atoms with Crippen molar-refractivity contribution in [3.63, 3.8) is 0 Å². The minimum Gasteiger partial charge on any atom is -0.381 e. The molecule has 0 aromatic heterocycles. The Labute approximate surface area is 91.3 Å². The number of nitrogens with zero attached hydrogens (tertiary/aromatic N) is 1. The molecule has 2 nitrogen and oxygen atoms in total. The predicted octanol–water partition coefficient (Wildman–Crippen LogP) is 2.64. The molecule has 0 amide bonds. The summed E-state index contributed by atoms with van der Waals surface area (Å²) in [6.45, 7) is 6.85. The third kappa shape index (κ3) is 1.31. The molecule has 0 bridgehead atoms. The Bertz CT molecular complexity index is 386. The Morgan fingerprint density at radius 3 is 3.13 bits per heavy atom. The summed E-state index contributed by atoms with van der Waals surface area (Å²) >= 11 is 0. The number of benzene rings is 1. The van der Waals surface area contributed by atoms with Gasteiger partial charge in [0, 0.05) is 19.1 Å². The van der Waals surface area contributed by atoms with E-state index in [1.165, 1.54) is 29.9 Å². The lowest BCUT2D eigenvalue weighted by Gasteiger charge is -2.36. The van der Waals surface area contributed by atoms with E-state index >= 15 is 0 Å². The van der Waals surface area contributed by atoms with Crippen molar-refractivity contribution < 1.29 is 0 Å². The smallest absolute Gasteiger partial charge is 0.0605 e. The standard InChI is InChI=1S/C13H18N2/c1-9-3-4-12-11(7-9)14-8-13-10(2)5-6-15(12)13/h3-4,7,10,13-14H,5-6,8H2,1-2H3. The molecule has 2 aliphatic rings. The highest BCUT2D eigenvalue weighted by molar-refractivity contribution is 5.74. The zero-order valence-electron chi connectivity index (χ0n) is 9.46. The fraction of sp³-hybridized carbons (Fsp3) is 0.538. The van der Waals surface area contributed by atoms with Crippen molar-refractivity contribution in [3.8, 4) is 0 Å². The molecule has 80 valence electrons. The van der Waals surface area contributed by atoms with Gasteiger partial charge in [0.15, 0.2) is 0 Å². The van der Waals surface area contributed by atoms with Crippen LogP contribution < -0.4 is 10.2 Å². The second-order valence-corrected chi connectivity index (χ2v) is 4.93. The van der Waals surface area contributed by atoms with E-state index in [9.17, 15) is 0 Å². The number of hydrogen-bond donors (Lipinski definition) is 1. The number of hydrogen-bond acceptors (Lipinski definition) is 2. The van der Waals surface area contributed by atoms with Gasteiger partial charge in [-0.1, -0.05) is 13.0 Å². The second-order valence-electron chi connectivity index (χ2n) is 4.93. The number of aryl methyl sites for hydroxylation is 1. The minimum absolute atomic E-state index is 0.709. The maximum Gasteiger partial charge on any atom is 0.0605 e. The van der Waals surface area contributed by atoms with Crippen molar-refractivity contribution in [2.45, 2.75) is 26.3 Å². The molecule has 1 aromatic carbocycles. The van der Waals surface area contributed by atoms with Crippen molar-refractivity contribution in [2.24, 2.45) is 5.92 Å². The van der Waals surface area contributed by atoms with Crippen LogP contribution in [0.2, 0.25) is 0 Å². The molecule has 1 N–H and O–H groups in total. The second kappa shape index (κ2) is 3.16. The van der Waals surface area contributed by atoms with Gasteiger partial charge in [-0.15, -0.1) is 0 Å². The van der Waals surface area contributed by atoms with Gasteiger partial charge >= 0.3 is 0 Å². The molecule has 2 heteroatoms. The van der Waals surface area contributed by atoms with Gasteiger partial charge in [-0.3, -0.25) is 0 Å². The average molecular weight is 202 g/mol. The van der Waals surface area contributed by atoms with Gasteiger partial charge in [0.25, 0.3) is 0 Å². The van der Waals surface area contributed by atoms with Crippen molar-refractivity contribution in [1.82, 2.24) is 0 Å². The summed E-state index contributed by atoms with van der Waals surface area (Å²) in [4.78, 5) is 2.58. The molecular weight excluding hydrogens is 184 g/mol. The van der Waals surface area contributed by atoms with Gasteiger partial charge in [-0.05, 0) is 37.0 Å². The Hall–Kier alpha value is -1.18. The number of rotatable bonds is 0. The molecule has 1 aromatic rings. The molecule has 2 aliphatic heterocycles. The lowest BCUT2D eigenvalue weighted by Crippen LogP contribution is -2.41. The zero-order chi connectivity index (χ0) is 10.4. The Morgan fingerprint density at radius 1 is 1.40 bits per heavy atom. The predicted molar refractivity (Wildman–Crippen MR) is 64.6 cm³/mol. The van der Waals surface area contributed by atoms with Crippen LogP contribution in [0.5, 0.6) is 0 Å². The van der Waals surface area contributed by atoms with Crippen molar-refractivity contribution in [2.75, 3.05) is 23.3 Å². The molecule has 2 heterocycles. The number of anilines is 2. The first-order chi connectivity index (χ1) is 7.25. The summed E-state index contributed by atoms with van der Waals surface area (Å²) in [6.07, 6.45) is 1.33. The third-order valence-corrected chi connectivity index (χ3v) is 3.85. The molecule has 15 heavy (non-hydrogen) atoms. The Kier molecular flexibility index (Phi) is 1.91. The van der Waals surface area contributed by atoms with E-state index in [0.717, 1.165) is 12.5 Å². The van der Waals surface area contributed by atoms with Crippen LogP contribution in [0.15, 0.2) is 18.2 Å². The first-order valence-corrected chi connectivity index (χ1v) is 5.87. The summed E-state index contributed by atoms with van der Waals surface area (Å²) in [6, 6.07) is 7.45. The van der Waals surface area contributed by atoms with Crippen molar-refractivity contribution in [1.29, 1.82) is 0 Å². The fourth-order valence-corrected chi connectivity index (χ4v) is 2.88. The Morgan fingerprint density at radius 2 is 2.27 bits per heavy atom. The highest BCUT2D eigenvalue weighted by Gasteiger charge is 2.34. The molecule has 3 rings (SSSR count). The first-order valence-electron chi connectivity index (χ1n) is 5.87. The van der Waals surface area contributed by atoms with Gasteiger partial charge < -0.3 is 10.2 Å². The third-order valence-electron chi connectivity index (χ3n) is 3.85. The van der Waals surface area contributed by atoms with Gasteiger partial charge in [0.2, 0.25) is 0 Å². The highest BCUT2D eigenvalue weighted by Crippen LogP contribution is 2.38. The van der Waals surface area contributed by atoms with Gasteiger partial charge in [-0.2, -0.15) is 0 Å². The quantitative estimate of drug-likeness (QED) is 0.695. The lowest BCUT2D eigenvalue weighted by molar-refractivity contribution is 0.524. The summed E-state index contributed by atoms with van der Waals surface area (Å²) in [5.74, 6) is 0.826. The van der Waals surface area contributed by atoms with E-state index in [1.807, 2.05) is 0 Å². The lowest BCUT2D eigenvalue weighted by atomic mass is 10.0. The first kappa shape index (κ1) is 9.08. The van der Waals surface area contributed by atoms with Crippen LogP contribution in [0.25, 0.3) is 0 Å². The summed E-state index contributed by atoms with van der Waals surface area (Å²) in [7, 11) is 0. The summed E-state index contributed by atoms with van der Waals surface area (Å²) in [5.41, 5.74) is 4.06. The average Bonchev–Trinajstić information content (AvgIpc) is 2.60. The largest absolute Gasteiger partial charge is 0.381 e. The maximum absolute atomic E-state index is 3.56. The van der Waals surface area contributed by atoms with Gasteiger partial charge in [0.1, 0.15) is 0 Å². The Balaban J connectivity index is 2.02. The van der Waals surface area contributed by atoms with Gasteiger partial charge in [0.05, 0.1) is 11.4 Å². The van der Waals surface area contributed by atoms with E-state index in [0.29, 0.717) is 6.04 Å². The van der Waals surface area contributed by atoms with Gasteiger partial charge in [-0.25, -0.2) is 0 Å². The zero-order valence-corrected chi connectivity index (χ0v) is 9.46. The van der Waals surface area contributed by atoms with E-state index in [2.05, 4.69) is 42.3 Å². The number of fused-ring (bicyclic) bond motifs is 3. The van der Waals surface area contributed by atoms with Crippen LogP contribution in [0.3, 0.4) is 0 Å². The fourth-order valence-electron chi connectivity index (χ4n) is 2.88. The van der Waals surface area contributed by atoms with E-state index in [4.69, 9.17) is 0 Å². The normalized spacial score (nSPS) is 28.3. The molecule has 0 saturated carbocycles. The maximum atomic E-state index is 3.56. The molecule has 2 atom stereocenters. The molecular formula is C13H18N2. The van der Waals surface area contributed by atoms with Crippen LogP contribution in [-0.4, -0.2) is 19.1 Å². The van der Waals surface area contributed by atoms with Crippen molar-refractivity contribution >= 4 is 11.4 Å². The van der Waals surface area contributed by atoms with Crippen molar-refractivity contribution in [3.05, 3.63) is 23.8 Å². The number of nitrogens with one attached hydrogen (secondary N) is 1. The van der Waals surface area contributed by atoms with Crippen LogP contribution in [-0.2, 0) is 0 Å². The summed E-state index contributed by atoms with van der Waals surface area (Å²) in [5, 5.41) is 3.56. The SMILES string of the molecule is Cc1ccc2c(c1)NCC1C(C)CCN21. The van der Waals surface area contributed by atoms with Crippen LogP contribution in [0.1, 0.15) is 18.9 Å². The molecule has 1 saturated heterocycles. The van der Waals surface area contributed by atoms with E-state index < -0.39 is 0 Å². The van der Waals surface area contributed by atoms with E-state index in [1.54, 1.807) is 0 Å². The molecule has 2 unspecified atom stereocenters. The van der Waals surface area contributed by atoms with Crippen LogP contribution in [0.4, 0.5) is 11.4 Å².